The standard InChI is InChI=1S/C20H15N3O4S/c24-18(22-15-5-2-1-3-6-15)19(25)23-21-13-14-8-10-16(11-9-14)27-20(26)17-7-4-12-28-17/h1-13H,(H,22,24)(H,23,25)/b21-13-. The zero-order chi connectivity index (χ0) is 19.8. The van der Waals surface area contributed by atoms with Crippen molar-refractivity contribution >= 4 is 41.0 Å². The Kier molecular flexibility index (Phi) is 6.27. The van der Waals surface area contributed by atoms with Gasteiger partial charge >= 0.3 is 17.8 Å². The van der Waals surface area contributed by atoms with E-state index in [-0.39, 0.29) is 0 Å². The average Bonchev–Trinajstić information content (AvgIpc) is 3.25. The molecular formula is C20H15N3O4S. The molecule has 0 atom stereocenters. The molecule has 0 fully saturated rings. The van der Waals surface area contributed by atoms with Crippen LogP contribution >= 0.6 is 11.3 Å². The number of thiophene rings is 1. The molecule has 2 amide bonds. The van der Waals surface area contributed by atoms with Gasteiger partial charge in [-0.25, -0.2) is 10.2 Å². The number of nitrogens with zero attached hydrogens (tertiary/aromatic N) is 1. The summed E-state index contributed by atoms with van der Waals surface area (Å²) in [6.45, 7) is 0. The van der Waals surface area contributed by atoms with Crippen molar-refractivity contribution in [1.29, 1.82) is 0 Å². The zero-order valence-electron chi connectivity index (χ0n) is 14.5. The lowest BCUT2D eigenvalue weighted by Gasteiger charge is -2.03. The monoisotopic (exact) mass is 393 g/mol. The number of rotatable bonds is 5. The average molecular weight is 393 g/mol. The van der Waals surface area contributed by atoms with E-state index in [1.165, 1.54) is 17.6 Å². The first kappa shape index (κ1) is 19.0. The Labute approximate surface area is 164 Å². The molecule has 1 heterocycles. The smallest absolute Gasteiger partial charge is 0.353 e. The van der Waals surface area contributed by atoms with E-state index >= 15 is 0 Å². The molecule has 28 heavy (non-hydrogen) atoms. The highest BCUT2D eigenvalue weighted by Crippen LogP contribution is 2.16. The highest BCUT2D eigenvalue weighted by atomic mass is 32.1. The van der Waals surface area contributed by atoms with Crippen LogP contribution in [0.1, 0.15) is 15.2 Å². The van der Waals surface area contributed by atoms with Gasteiger partial charge in [-0.15, -0.1) is 11.3 Å². The third-order valence-corrected chi connectivity index (χ3v) is 4.28. The molecule has 0 aliphatic heterocycles. The summed E-state index contributed by atoms with van der Waals surface area (Å²) in [7, 11) is 0. The minimum absolute atomic E-state index is 0.391. The van der Waals surface area contributed by atoms with Crippen LogP contribution in [0.4, 0.5) is 5.69 Å². The van der Waals surface area contributed by atoms with Crippen LogP contribution < -0.4 is 15.5 Å². The summed E-state index contributed by atoms with van der Waals surface area (Å²) < 4.78 is 5.25. The lowest BCUT2D eigenvalue weighted by molar-refractivity contribution is -0.136. The summed E-state index contributed by atoms with van der Waals surface area (Å²) >= 11 is 1.30. The number of ether oxygens (including phenoxy) is 1. The molecule has 0 bridgehead atoms. The van der Waals surface area contributed by atoms with E-state index in [0.29, 0.717) is 21.9 Å². The third kappa shape index (κ3) is 5.36. The van der Waals surface area contributed by atoms with Gasteiger partial charge in [0, 0.05) is 5.69 Å². The minimum atomic E-state index is -0.887. The van der Waals surface area contributed by atoms with Crippen LogP contribution in [0.3, 0.4) is 0 Å². The highest BCUT2D eigenvalue weighted by molar-refractivity contribution is 7.12. The summed E-state index contributed by atoms with van der Waals surface area (Å²) in [6, 6.07) is 18.6. The largest absolute Gasteiger partial charge is 0.422 e. The normalized spacial score (nSPS) is 10.4. The molecule has 0 saturated carbocycles. The maximum Gasteiger partial charge on any atom is 0.353 e. The van der Waals surface area contributed by atoms with E-state index in [9.17, 15) is 14.4 Å². The van der Waals surface area contributed by atoms with Gasteiger partial charge in [-0.2, -0.15) is 5.10 Å². The second-order valence-corrected chi connectivity index (χ2v) is 6.40. The quantitative estimate of drug-likeness (QED) is 0.229. The van der Waals surface area contributed by atoms with Gasteiger partial charge < -0.3 is 10.1 Å². The molecule has 0 spiro atoms. The van der Waals surface area contributed by atoms with E-state index in [4.69, 9.17) is 4.74 Å². The number of hydrogen-bond donors (Lipinski definition) is 2. The number of hydrogen-bond acceptors (Lipinski definition) is 6. The lowest BCUT2D eigenvalue weighted by atomic mass is 10.2. The number of benzene rings is 2. The third-order valence-electron chi connectivity index (χ3n) is 3.43. The molecule has 7 nitrogen and oxygen atoms in total. The van der Waals surface area contributed by atoms with E-state index in [1.807, 2.05) is 0 Å². The maximum atomic E-state index is 11.9. The Morgan fingerprint density at radius 2 is 1.64 bits per heavy atom. The van der Waals surface area contributed by atoms with Gasteiger partial charge in [0.1, 0.15) is 10.6 Å². The van der Waals surface area contributed by atoms with Crippen LogP contribution in [0.15, 0.2) is 77.2 Å². The summed E-state index contributed by atoms with van der Waals surface area (Å²) in [6.07, 6.45) is 1.37. The van der Waals surface area contributed by atoms with E-state index in [2.05, 4.69) is 15.8 Å². The van der Waals surface area contributed by atoms with Gasteiger partial charge in [0.15, 0.2) is 0 Å². The number of nitrogens with one attached hydrogen (secondary N) is 2. The Balaban J connectivity index is 1.49. The van der Waals surface area contributed by atoms with E-state index in [1.54, 1.807) is 72.1 Å². The number of anilines is 1. The van der Waals surface area contributed by atoms with Crippen molar-refractivity contribution in [1.82, 2.24) is 5.43 Å². The number of carbonyl (C=O) groups is 3. The topological polar surface area (TPSA) is 96.9 Å². The number of carbonyl (C=O) groups excluding carboxylic acids is 3. The molecule has 3 rings (SSSR count). The SMILES string of the molecule is O=C(N/N=C\c1ccc(OC(=O)c2cccs2)cc1)C(=O)Nc1ccccc1. The summed E-state index contributed by atoms with van der Waals surface area (Å²) in [5, 5.41) is 8.00. The molecular weight excluding hydrogens is 378 g/mol. The number of amides is 2. The zero-order valence-corrected chi connectivity index (χ0v) is 15.3. The van der Waals surface area contributed by atoms with Crippen molar-refractivity contribution in [2.75, 3.05) is 5.32 Å². The van der Waals surface area contributed by atoms with E-state index in [0.717, 1.165) is 0 Å². The predicted octanol–water partition coefficient (Wildman–Crippen LogP) is 3.06. The van der Waals surface area contributed by atoms with Crippen molar-refractivity contribution in [2.24, 2.45) is 5.10 Å². The second kappa shape index (κ2) is 9.24. The van der Waals surface area contributed by atoms with Crippen molar-refractivity contribution < 1.29 is 19.1 Å². The van der Waals surface area contributed by atoms with Crippen molar-refractivity contribution in [3.63, 3.8) is 0 Å². The summed E-state index contributed by atoms with van der Waals surface area (Å²) in [5.74, 6) is -1.74. The molecule has 0 unspecified atom stereocenters. The van der Waals surface area contributed by atoms with Gasteiger partial charge in [0.25, 0.3) is 0 Å². The first-order valence-electron chi connectivity index (χ1n) is 8.17. The molecule has 0 aliphatic carbocycles. The molecule has 140 valence electrons. The molecule has 1 aromatic heterocycles. The number of para-hydroxylation sites is 1. The van der Waals surface area contributed by atoms with Gasteiger partial charge in [-0.3, -0.25) is 9.59 Å². The molecule has 2 N–H and O–H groups in total. The Bertz CT molecular complexity index is 984. The van der Waals surface area contributed by atoms with Gasteiger partial charge in [-0.05, 0) is 53.4 Å². The number of hydrazone groups is 1. The minimum Gasteiger partial charge on any atom is -0.422 e. The van der Waals surface area contributed by atoms with Crippen LogP contribution in [0.2, 0.25) is 0 Å². The van der Waals surface area contributed by atoms with Crippen LogP contribution in [-0.2, 0) is 9.59 Å². The van der Waals surface area contributed by atoms with Crippen LogP contribution in [0.25, 0.3) is 0 Å². The Morgan fingerprint density at radius 1 is 0.893 bits per heavy atom. The Morgan fingerprint density at radius 3 is 2.32 bits per heavy atom. The van der Waals surface area contributed by atoms with Crippen molar-refractivity contribution in [2.45, 2.75) is 0 Å². The van der Waals surface area contributed by atoms with Crippen molar-refractivity contribution in [3.8, 4) is 5.75 Å². The number of esters is 1. The first-order chi connectivity index (χ1) is 13.6. The maximum absolute atomic E-state index is 11.9. The van der Waals surface area contributed by atoms with Crippen LogP contribution in [0, 0.1) is 0 Å². The van der Waals surface area contributed by atoms with E-state index < -0.39 is 17.8 Å². The lowest BCUT2D eigenvalue weighted by Crippen LogP contribution is -2.32. The van der Waals surface area contributed by atoms with Crippen LogP contribution in [0.5, 0.6) is 5.75 Å². The highest BCUT2D eigenvalue weighted by Gasteiger charge is 2.12. The fraction of sp³-hybridized carbons (Fsp3) is 0. The molecule has 2 aromatic carbocycles. The van der Waals surface area contributed by atoms with Crippen LogP contribution in [-0.4, -0.2) is 24.0 Å². The van der Waals surface area contributed by atoms with Gasteiger partial charge in [0.2, 0.25) is 0 Å². The molecule has 0 radical (unpaired) electrons. The predicted molar refractivity (Wildman–Crippen MR) is 107 cm³/mol. The molecule has 0 aliphatic rings. The molecule has 0 saturated heterocycles. The second-order valence-electron chi connectivity index (χ2n) is 5.46. The van der Waals surface area contributed by atoms with Crippen molar-refractivity contribution in [3.05, 3.63) is 82.6 Å². The summed E-state index contributed by atoms with van der Waals surface area (Å²) in [4.78, 5) is 35.9. The van der Waals surface area contributed by atoms with Gasteiger partial charge in [-0.1, -0.05) is 24.3 Å². The fourth-order valence-electron chi connectivity index (χ4n) is 2.10. The van der Waals surface area contributed by atoms with Gasteiger partial charge in [0.05, 0.1) is 6.21 Å². The summed E-state index contributed by atoms with van der Waals surface area (Å²) in [5.41, 5.74) is 3.32. The Hall–Kier alpha value is -3.78. The first-order valence-corrected chi connectivity index (χ1v) is 9.05. The molecule has 8 heteroatoms. The fourth-order valence-corrected chi connectivity index (χ4v) is 2.70. The molecule has 3 aromatic rings.